The Labute approximate surface area is 105 Å². The second-order valence-corrected chi connectivity index (χ2v) is 6.99. The van der Waals surface area contributed by atoms with Crippen molar-refractivity contribution in [1.82, 2.24) is 5.32 Å². The summed E-state index contributed by atoms with van der Waals surface area (Å²) in [5.41, 5.74) is 0. The predicted molar refractivity (Wildman–Crippen MR) is 61.1 cm³/mol. The monoisotopic (exact) mass is 289 g/mol. The number of alkyl halides is 3. The Morgan fingerprint density at radius 3 is 2.61 bits per heavy atom. The number of halogens is 3. The minimum Gasteiger partial charge on any atom is -0.377 e. The zero-order valence-corrected chi connectivity index (χ0v) is 11.0. The molecule has 1 rings (SSSR count). The van der Waals surface area contributed by atoms with Gasteiger partial charge in [-0.3, -0.25) is 0 Å². The molecule has 2 unspecified atom stereocenters. The summed E-state index contributed by atoms with van der Waals surface area (Å²) in [4.78, 5) is 0. The van der Waals surface area contributed by atoms with E-state index in [1.54, 1.807) is 0 Å². The molecule has 18 heavy (non-hydrogen) atoms. The van der Waals surface area contributed by atoms with E-state index >= 15 is 0 Å². The number of hydrogen-bond acceptors (Lipinski definition) is 4. The zero-order valence-electron chi connectivity index (χ0n) is 10.2. The fraction of sp³-hybridized carbons (Fsp3) is 1.00. The largest absolute Gasteiger partial charge is 0.401 e. The third-order valence-electron chi connectivity index (χ3n) is 2.81. The average Bonchev–Trinajstić information content (AvgIpc) is 2.67. The molecule has 1 heterocycles. The van der Waals surface area contributed by atoms with Crippen LogP contribution in [0.3, 0.4) is 0 Å². The van der Waals surface area contributed by atoms with Crippen LogP contribution < -0.4 is 5.32 Å². The van der Waals surface area contributed by atoms with Crippen LogP contribution in [0.5, 0.6) is 0 Å². The Morgan fingerprint density at radius 2 is 2.11 bits per heavy atom. The van der Waals surface area contributed by atoms with Gasteiger partial charge in [-0.2, -0.15) is 13.2 Å². The summed E-state index contributed by atoms with van der Waals surface area (Å²) in [7, 11) is -3.42. The molecular formula is C10H18F3NO3S. The lowest BCUT2D eigenvalue weighted by Gasteiger charge is -2.17. The van der Waals surface area contributed by atoms with Crippen LogP contribution in [0.2, 0.25) is 0 Å². The van der Waals surface area contributed by atoms with Crippen molar-refractivity contribution < 1.29 is 26.3 Å². The van der Waals surface area contributed by atoms with Crippen molar-refractivity contribution in [2.75, 3.05) is 25.4 Å². The van der Waals surface area contributed by atoms with E-state index in [2.05, 4.69) is 5.32 Å². The Balaban J connectivity index is 2.36. The Morgan fingerprint density at radius 1 is 1.44 bits per heavy atom. The molecule has 108 valence electrons. The second kappa shape index (κ2) is 6.21. The molecule has 0 amide bonds. The van der Waals surface area contributed by atoms with E-state index in [-0.39, 0.29) is 18.4 Å². The highest BCUT2D eigenvalue weighted by atomic mass is 32.2. The van der Waals surface area contributed by atoms with Gasteiger partial charge in [0.25, 0.3) is 0 Å². The van der Waals surface area contributed by atoms with Crippen LogP contribution in [-0.2, 0) is 14.6 Å². The van der Waals surface area contributed by atoms with Crippen molar-refractivity contribution >= 4 is 9.84 Å². The van der Waals surface area contributed by atoms with Gasteiger partial charge in [-0.25, -0.2) is 8.42 Å². The lowest BCUT2D eigenvalue weighted by atomic mass is 10.3. The van der Waals surface area contributed by atoms with E-state index in [4.69, 9.17) is 4.74 Å². The summed E-state index contributed by atoms with van der Waals surface area (Å²) < 4.78 is 64.6. The van der Waals surface area contributed by atoms with Crippen molar-refractivity contribution in [3.63, 3.8) is 0 Å². The second-order valence-electron chi connectivity index (χ2n) is 4.52. The van der Waals surface area contributed by atoms with Crippen LogP contribution >= 0.6 is 0 Å². The summed E-state index contributed by atoms with van der Waals surface area (Å²) in [5.74, 6) is -0.109. The van der Waals surface area contributed by atoms with Gasteiger partial charge in [0.1, 0.15) is 0 Å². The number of rotatable bonds is 6. The molecule has 1 saturated heterocycles. The van der Waals surface area contributed by atoms with E-state index in [1.807, 2.05) is 0 Å². The zero-order chi connectivity index (χ0) is 13.8. The molecule has 1 aliphatic rings. The Bertz CT molecular complexity index is 350. The maximum absolute atomic E-state index is 11.9. The molecule has 1 fully saturated rings. The van der Waals surface area contributed by atoms with Gasteiger partial charge in [0, 0.05) is 13.2 Å². The van der Waals surface area contributed by atoms with Crippen LogP contribution in [0.4, 0.5) is 13.2 Å². The van der Waals surface area contributed by atoms with Gasteiger partial charge in [0.2, 0.25) is 0 Å². The van der Waals surface area contributed by atoms with Gasteiger partial charge in [-0.1, -0.05) is 0 Å². The molecule has 1 N–H and O–H groups in total. The molecule has 0 aliphatic carbocycles. The molecule has 8 heteroatoms. The smallest absolute Gasteiger partial charge is 0.377 e. The fourth-order valence-electron chi connectivity index (χ4n) is 1.74. The fourth-order valence-corrected chi connectivity index (χ4v) is 3.22. The summed E-state index contributed by atoms with van der Waals surface area (Å²) in [6.07, 6.45) is -3.10. The minimum absolute atomic E-state index is 0.109. The molecule has 0 aromatic rings. The Hall–Kier alpha value is -0.340. The van der Waals surface area contributed by atoms with Crippen molar-refractivity contribution in [2.24, 2.45) is 0 Å². The van der Waals surface area contributed by atoms with Gasteiger partial charge in [0.05, 0.1) is 23.7 Å². The Kier molecular flexibility index (Phi) is 5.42. The first kappa shape index (κ1) is 15.7. The maximum atomic E-state index is 11.9. The van der Waals surface area contributed by atoms with Gasteiger partial charge >= 0.3 is 6.18 Å². The van der Waals surface area contributed by atoms with Gasteiger partial charge in [-0.05, 0) is 19.8 Å². The molecule has 1 aliphatic heterocycles. The minimum atomic E-state index is -4.32. The first-order chi connectivity index (χ1) is 8.21. The van der Waals surface area contributed by atoms with Crippen LogP contribution in [0.25, 0.3) is 0 Å². The van der Waals surface area contributed by atoms with Gasteiger partial charge in [-0.15, -0.1) is 0 Å². The van der Waals surface area contributed by atoms with Crippen LogP contribution in [0.15, 0.2) is 0 Å². The maximum Gasteiger partial charge on any atom is 0.401 e. The van der Waals surface area contributed by atoms with Crippen molar-refractivity contribution in [2.45, 2.75) is 37.3 Å². The topological polar surface area (TPSA) is 55.4 Å². The first-order valence-electron chi connectivity index (χ1n) is 5.81. The van der Waals surface area contributed by atoms with E-state index in [0.717, 1.165) is 6.42 Å². The normalized spacial score (nSPS) is 23.2. The van der Waals surface area contributed by atoms with E-state index < -0.39 is 27.8 Å². The number of ether oxygens (including phenoxy) is 1. The highest BCUT2D eigenvalue weighted by Crippen LogP contribution is 2.16. The van der Waals surface area contributed by atoms with E-state index in [1.165, 1.54) is 6.92 Å². The number of hydrogen-bond donors (Lipinski definition) is 1. The molecule has 0 bridgehead atoms. The summed E-state index contributed by atoms with van der Waals surface area (Å²) in [6, 6.07) is 0. The number of nitrogens with one attached hydrogen (secondary N) is 1. The highest BCUT2D eigenvalue weighted by molar-refractivity contribution is 7.92. The van der Waals surface area contributed by atoms with Crippen molar-refractivity contribution in [3.05, 3.63) is 0 Å². The van der Waals surface area contributed by atoms with Crippen molar-refractivity contribution in [1.29, 1.82) is 0 Å². The van der Waals surface area contributed by atoms with Crippen molar-refractivity contribution in [3.8, 4) is 0 Å². The molecular weight excluding hydrogens is 271 g/mol. The SMILES string of the molecule is CC(CNCC(F)(F)F)S(=O)(=O)CC1CCCO1. The molecule has 0 aromatic carbocycles. The van der Waals surface area contributed by atoms with Crippen LogP contribution in [-0.4, -0.2) is 51.4 Å². The number of sulfone groups is 1. The molecule has 4 nitrogen and oxygen atoms in total. The predicted octanol–water partition coefficient (Wildman–Crippen LogP) is 1.12. The molecule has 0 saturated carbocycles. The average molecular weight is 289 g/mol. The van der Waals surface area contributed by atoms with E-state index in [0.29, 0.717) is 13.0 Å². The molecule has 0 spiro atoms. The van der Waals surface area contributed by atoms with Gasteiger partial charge in [0.15, 0.2) is 9.84 Å². The van der Waals surface area contributed by atoms with E-state index in [9.17, 15) is 21.6 Å². The highest BCUT2D eigenvalue weighted by Gasteiger charge is 2.30. The summed E-state index contributed by atoms with van der Waals surface area (Å²) in [5, 5.41) is 1.27. The van der Waals surface area contributed by atoms with Crippen LogP contribution in [0.1, 0.15) is 19.8 Å². The molecule has 0 aromatic heterocycles. The third-order valence-corrected chi connectivity index (χ3v) is 5.04. The van der Waals surface area contributed by atoms with Crippen LogP contribution in [0, 0.1) is 0 Å². The standard InChI is InChI=1S/C10H18F3NO3S/c1-8(5-14-7-10(11,12)13)18(15,16)6-9-3-2-4-17-9/h8-9,14H,2-7H2,1H3. The summed E-state index contributed by atoms with van der Waals surface area (Å²) in [6.45, 7) is 0.593. The van der Waals surface area contributed by atoms with Gasteiger partial charge < -0.3 is 10.1 Å². The first-order valence-corrected chi connectivity index (χ1v) is 7.53. The lowest BCUT2D eigenvalue weighted by molar-refractivity contribution is -0.124. The lowest BCUT2D eigenvalue weighted by Crippen LogP contribution is -2.39. The third kappa shape index (κ3) is 5.53. The molecule has 2 atom stereocenters. The molecule has 0 radical (unpaired) electrons. The summed E-state index contributed by atoms with van der Waals surface area (Å²) >= 11 is 0. The quantitative estimate of drug-likeness (QED) is 0.796.